The molecule has 1 unspecified atom stereocenters. The number of carbonyl (C=O) groups is 2. The molecule has 0 bridgehead atoms. The van der Waals surface area contributed by atoms with Crippen molar-refractivity contribution in [1.82, 2.24) is 5.32 Å². The molecule has 2 N–H and O–H groups in total. The summed E-state index contributed by atoms with van der Waals surface area (Å²) in [6.45, 7) is 5.00. The minimum Gasteiger partial charge on any atom is -0.477 e. The van der Waals surface area contributed by atoms with Crippen molar-refractivity contribution in [3.8, 4) is 0 Å². The Hall–Kier alpha value is -2.17. The van der Waals surface area contributed by atoms with E-state index in [1.165, 1.54) is 0 Å². The quantitative estimate of drug-likeness (QED) is 0.415. The fraction of sp³-hybridized carbons (Fsp3) is 0.526. The lowest BCUT2D eigenvalue weighted by Gasteiger charge is -2.07. The Kier molecular flexibility index (Phi) is 6.12. The summed E-state index contributed by atoms with van der Waals surface area (Å²) in [7, 11) is 0. The van der Waals surface area contributed by atoms with Crippen molar-refractivity contribution in [3.63, 3.8) is 0 Å². The molecule has 1 aromatic rings. The number of pyridine rings is 1. The van der Waals surface area contributed by atoms with Gasteiger partial charge < -0.3 is 10.4 Å². The van der Waals surface area contributed by atoms with Crippen LogP contribution in [0.5, 0.6) is 0 Å². The number of allylic oxidation sites excluding steroid dienone is 1. The molecule has 130 valence electrons. The third-order valence-corrected chi connectivity index (χ3v) is 4.56. The highest BCUT2D eigenvalue weighted by Crippen LogP contribution is 2.51. The lowest BCUT2D eigenvalue weighted by atomic mass is 10.1. The average molecular weight is 331 g/mol. The first-order valence-corrected chi connectivity index (χ1v) is 8.58. The first-order valence-electron chi connectivity index (χ1n) is 8.58. The van der Waals surface area contributed by atoms with E-state index >= 15 is 0 Å². The zero-order chi connectivity index (χ0) is 17.6. The molecular weight excluding hydrogens is 304 g/mol. The lowest BCUT2D eigenvalue weighted by molar-refractivity contribution is -0.697. The zero-order valence-corrected chi connectivity index (χ0v) is 14.5. The molecule has 0 aliphatic heterocycles. The number of nitrogens with zero attached hydrogens (tertiary/aromatic N) is 1. The average Bonchev–Trinajstić information content (AvgIpc) is 3.19. The minimum absolute atomic E-state index is 0.00278. The second-order valence-corrected chi connectivity index (χ2v) is 7.12. The maximum absolute atomic E-state index is 12.0. The number of carboxylic acid groups (broad SMARTS) is 1. The van der Waals surface area contributed by atoms with Crippen LogP contribution in [-0.2, 0) is 16.1 Å². The molecule has 2 rings (SSSR count). The molecule has 1 amide bonds. The molecule has 1 aliphatic carbocycles. The van der Waals surface area contributed by atoms with Crippen molar-refractivity contribution in [1.29, 1.82) is 0 Å². The van der Waals surface area contributed by atoms with Gasteiger partial charge in [-0.05, 0) is 31.1 Å². The normalized spacial score (nSPS) is 18.9. The fourth-order valence-electron chi connectivity index (χ4n) is 2.77. The Bertz CT molecular complexity index is 608. The van der Waals surface area contributed by atoms with E-state index in [-0.39, 0.29) is 22.9 Å². The van der Waals surface area contributed by atoms with E-state index in [1.54, 1.807) is 6.08 Å². The van der Waals surface area contributed by atoms with Crippen LogP contribution in [0.1, 0.15) is 46.0 Å². The summed E-state index contributed by atoms with van der Waals surface area (Å²) in [5, 5.41) is 11.8. The predicted octanol–water partition coefficient (Wildman–Crippen LogP) is 2.67. The third-order valence-electron chi connectivity index (χ3n) is 4.56. The van der Waals surface area contributed by atoms with Crippen LogP contribution in [0, 0.1) is 11.3 Å². The van der Waals surface area contributed by atoms with Gasteiger partial charge in [0, 0.05) is 24.5 Å². The number of amides is 1. The summed E-state index contributed by atoms with van der Waals surface area (Å²) in [6.07, 6.45) is 10.2. The number of hydrogen-bond donors (Lipinski definition) is 2. The molecule has 5 heteroatoms. The molecule has 5 nitrogen and oxygen atoms in total. The second kappa shape index (κ2) is 8.08. The van der Waals surface area contributed by atoms with Crippen LogP contribution in [0.15, 0.2) is 42.4 Å². The van der Waals surface area contributed by atoms with Gasteiger partial charge >= 0.3 is 5.97 Å². The number of aromatic nitrogens is 1. The molecule has 1 atom stereocenters. The highest BCUT2D eigenvalue weighted by molar-refractivity contribution is 5.94. The number of carbonyl (C=O) groups excluding carboxylic acids is 1. The van der Waals surface area contributed by atoms with E-state index in [0.717, 1.165) is 32.2 Å². The number of aryl methyl sites for hydroxylation is 1. The van der Waals surface area contributed by atoms with Gasteiger partial charge in [-0.25, -0.2) is 9.36 Å². The van der Waals surface area contributed by atoms with Crippen LogP contribution >= 0.6 is 0 Å². The number of carboxylic acids is 1. The molecule has 0 saturated heterocycles. The molecule has 0 aromatic carbocycles. The minimum atomic E-state index is -1.07. The van der Waals surface area contributed by atoms with Gasteiger partial charge in [0.1, 0.15) is 12.2 Å². The largest absolute Gasteiger partial charge is 0.477 e. The SMILES string of the molecule is CC1(C)CC1C(=O)N/C(=C\CCCCC[n+]1ccccc1)C(=O)O. The van der Waals surface area contributed by atoms with E-state index in [1.807, 2.05) is 44.4 Å². The maximum atomic E-state index is 12.0. The smallest absolute Gasteiger partial charge is 0.352 e. The number of rotatable bonds is 9. The predicted molar refractivity (Wildman–Crippen MR) is 90.9 cm³/mol. The second-order valence-electron chi connectivity index (χ2n) is 7.12. The molecule has 1 heterocycles. The van der Waals surface area contributed by atoms with Crippen molar-refractivity contribution in [3.05, 3.63) is 42.4 Å². The monoisotopic (exact) mass is 331 g/mol. The van der Waals surface area contributed by atoms with Crippen LogP contribution < -0.4 is 9.88 Å². The Morgan fingerprint density at radius 2 is 1.88 bits per heavy atom. The summed E-state index contributed by atoms with van der Waals surface area (Å²) in [5.74, 6) is -1.31. The highest BCUT2D eigenvalue weighted by Gasteiger charge is 2.50. The summed E-state index contributed by atoms with van der Waals surface area (Å²) in [5.41, 5.74) is 0.0168. The fourth-order valence-corrected chi connectivity index (χ4v) is 2.77. The van der Waals surface area contributed by atoms with Crippen LogP contribution in [0.3, 0.4) is 0 Å². The molecule has 1 aromatic heterocycles. The molecule has 1 saturated carbocycles. The molecule has 0 radical (unpaired) electrons. The number of unbranched alkanes of at least 4 members (excludes halogenated alkanes) is 3. The van der Waals surface area contributed by atoms with Crippen molar-refractivity contribution < 1.29 is 19.3 Å². The van der Waals surface area contributed by atoms with Gasteiger partial charge in [0.2, 0.25) is 5.91 Å². The number of hydrogen-bond acceptors (Lipinski definition) is 2. The highest BCUT2D eigenvalue weighted by atomic mass is 16.4. The molecular formula is C19H27N2O3+. The van der Waals surface area contributed by atoms with Gasteiger partial charge in [0.25, 0.3) is 0 Å². The standard InChI is InChI=1S/C19H26N2O3/c1-19(2)14-15(19)17(22)20-16(18(23)24)10-6-3-4-7-11-21-12-8-5-9-13-21/h5,8-10,12-13,15H,3-4,6-7,11,14H2,1-2H3,(H-,20,22,23,24)/p+1/b16-10-. The van der Waals surface area contributed by atoms with E-state index in [2.05, 4.69) is 9.88 Å². The number of nitrogens with one attached hydrogen (secondary N) is 1. The van der Waals surface area contributed by atoms with Gasteiger partial charge in [-0.15, -0.1) is 0 Å². The van der Waals surface area contributed by atoms with Gasteiger partial charge in [-0.2, -0.15) is 0 Å². The first-order chi connectivity index (χ1) is 11.4. The maximum Gasteiger partial charge on any atom is 0.352 e. The van der Waals surface area contributed by atoms with Gasteiger partial charge in [-0.1, -0.05) is 26.0 Å². The Labute approximate surface area is 143 Å². The van der Waals surface area contributed by atoms with Crippen molar-refractivity contribution >= 4 is 11.9 Å². The number of aliphatic carboxylic acids is 1. The Balaban J connectivity index is 1.69. The van der Waals surface area contributed by atoms with Gasteiger partial charge in [0.05, 0.1) is 0 Å². The molecule has 1 fully saturated rings. The summed E-state index contributed by atoms with van der Waals surface area (Å²) >= 11 is 0. The van der Waals surface area contributed by atoms with Crippen LogP contribution in [0.25, 0.3) is 0 Å². The molecule has 24 heavy (non-hydrogen) atoms. The van der Waals surface area contributed by atoms with E-state index in [4.69, 9.17) is 0 Å². The van der Waals surface area contributed by atoms with Gasteiger partial charge in [-0.3, -0.25) is 4.79 Å². The van der Waals surface area contributed by atoms with Crippen molar-refractivity contribution in [2.24, 2.45) is 11.3 Å². The van der Waals surface area contributed by atoms with Crippen LogP contribution in [0.2, 0.25) is 0 Å². The lowest BCUT2D eigenvalue weighted by Crippen LogP contribution is -2.32. The summed E-state index contributed by atoms with van der Waals surface area (Å²) in [6, 6.07) is 6.00. The summed E-state index contributed by atoms with van der Waals surface area (Å²) in [4.78, 5) is 23.3. The van der Waals surface area contributed by atoms with Crippen LogP contribution in [-0.4, -0.2) is 17.0 Å². The summed E-state index contributed by atoms with van der Waals surface area (Å²) < 4.78 is 2.14. The van der Waals surface area contributed by atoms with E-state index in [0.29, 0.717) is 6.42 Å². The molecule has 1 aliphatic rings. The van der Waals surface area contributed by atoms with Crippen molar-refractivity contribution in [2.45, 2.75) is 52.5 Å². The zero-order valence-electron chi connectivity index (χ0n) is 14.5. The van der Waals surface area contributed by atoms with Gasteiger partial charge in [0.15, 0.2) is 12.4 Å². The topological polar surface area (TPSA) is 70.3 Å². The van der Waals surface area contributed by atoms with Crippen LogP contribution in [0.4, 0.5) is 0 Å². The first kappa shape index (κ1) is 18.2. The van der Waals surface area contributed by atoms with E-state index in [9.17, 15) is 14.7 Å². The Morgan fingerprint density at radius 3 is 2.46 bits per heavy atom. The third kappa shape index (κ3) is 5.48. The van der Waals surface area contributed by atoms with E-state index < -0.39 is 5.97 Å². The van der Waals surface area contributed by atoms with Crippen molar-refractivity contribution in [2.75, 3.05) is 0 Å². The molecule has 0 spiro atoms. The Morgan fingerprint density at radius 1 is 1.21 bits per heavy atom.